The second kappa shape index (κ2) is 9.43. The smallest absolute Gasteiger partial charge is 0.182 e. The third-order valence-corrected chi connectivity index (χ3v) is 7.85. The number of rotatable bonds is 7. The number of benzene rings is 2. The van der Waals surface area contributed by atoms with E-state index in [-0.39, 0.29) is 47.9 Å². The molecule has 1 unspecified atom stereocenters. The Hall–Kier alpha value is -3.45. The lowest BCUT2D eigenvalue weighted by atomic mass is 10.00. The Bertz CT molecular complexity index is 1440. The molecule has 0 saturated heterocycles. The van der Waals surface area contributed by atoms with E-state index in [1.54, 1.807) is 73.2 Å². The summed E-state index contributed by atoms with van der Waals surface area (Å²) >= 11 is 0. The first-order chi connectivity index (χ1) is 15.9. The van der Waals surface area contributed by atoms with Crippen molar-refractivity contribution < 1.29 is 17.6 Å². The average Bonchev–Trinajstić information content (AvgIpc) is 3.63. The quantitative estimate of drug-likeness (QED) is 0.362. The fraction of sp³-hybridized carbons (Fsp3) is 0.222. The molecule has 1 aliphatic rings. The van der Waals surface area contributed by atoms with Crippen molar-refractivity contribution in [3.8, 4) is 0 Å². The van der Waals surface area contributed by atoms with Gasteiger partial charge < -0.3 is 0 Å². The lowest BCUT2D eigenvalue weighted by Gasteiger charge is -2.07. The van der Waals surface area contributed by atoms with Crippen molar-refractivity contribution in [2.45, 2.75) is 36.8 Å². The molecule has 34 heavy (non-hydrogen) atoms. The van der Waals surface area contributed by atoms with E-state index in [1.165, 1.54) is 6.20 Å². The number of aromatic nitrogens is 2. The number of ketones is 1. The highest BCUT2D eigenvalue weighted by atomic mass is 32.2. The summed E-state index contributed by atoms with van der Waals surface area (Å²) in [5.74, 6) is -0.613. The third kappa shape index (κ3) is 4.75. The number of Topliss-reactive ketones (excluding diaryl/α,β-unsaturated/α-hetero) is 1. The lowest BCUT2D eigenvalue weighted by Crippen LogP contribution is -2.08. The van der Waals surface area contributed by atoms with Gasteiger partial charge >= 0.3 is 0 Å². The molecule has 7 heteroatoms. The van der Waals surface area contributed by atoms with Gasteiger partial charge in [-0.15, -0.1) is 0 Å². The minimum absolute atomic E-state index is 0. The molecule has 0 amide bonds. The number of sulfone groups is 1. The molecule has 5 nitrogen and oxygen atoms in total. The molecule has 4 aromatic rings. The van der Waals surface area contributed by atoms with Gasteiger partial charge in [0.2, 0.25) is 0 Å². The number of carbonyl (C=O) groups is 1. The molecule has 1 aliphatic carbocycles. The van der Waals surface area contributed by atoms with Crippen LogP contribution in [0.5, 0.6) is 0 Å². The van der Waals surface area contributed by atoms with Crippen LogP contribution in [0.4, 0.5) is 4.39 Å². The highest BCUT2D eigenvalue weighted by Crippen LogP contribution is 2.48. The largest absolute Gasteiger partial charge is 0.299 e. The molecular weight excluding hydrogens is 451 g/mol. The predicted octanol–water partition coefficient (Wildman–Crippen LogP) is 5.29. The SMILES string of the molecule is C.O=C(Cc1ccc2cnccc2c1F)[C@@H]1CC1c1ccc(S(=O)(=O)Cc2cccnc2)cc1. The minimum atomic E-state index is -3.48. The van der Waals surface area contributed by atoms with Gasteiger partial charge in [-0.3, -0.25) is 14.8 Å². The predicted molar refractivity (Wildman–Crippen MR) is 130 cm³/mol. The fourth-order valence-electron chi connectivity index (χ4n) is 4.26. The van der Waals surface area contributed by atoms with E-state index in [1.807, 2.05) is 0 Å². The Labute approximate surface area is 198 Å². The molecule has 2 aromatic heterocycles. The van der Waals surface area contributed by atoms with Crippen molar-refractivity contribution in [3.63, 3.8) is 0 Å². The zero-order valence-corrected chi connectivity index (χ0v) is 18.5. The van der Waals surface area contributed by atoms with Crippen molar-refractivity contribution in [2.24, 2.45) is 5.92 Å². The van der Waals surface area contributed by atoms with Crippen molar-refractivity contribution in [3.05, 3.63) is 102 Å². The zero-order valence-electron chi connectivity index (χ0n) is 17.7. The summed E-state index contributed by atoms with van der Waals surface area (Å²) < 4.78 is 40.2. The maximum atomic E-state index is 14.8. The highest BCUT2D eigenvalue weighted by molar-refractivity contribution is 7.90. The first-order valence-electron chi connectivity index (χ1n) is 10.7. The molecule has 2 heterocycles. The summed E-state index contributed by atoms with van der Waals surface area (Å²) in [6.45, 7) is 0. The highest BCUT2D eigenvalue weighted by Gasteiger charge is 2.43. The van der Waals surface area contributed by atoms with Crippen LogP contribution in [0, 0.1) is 11.7 Å². The van der Waals surface area contributed by atoms with E-state index in [0.29, 0.717) is 28.3 Å². The van der Waals surface area contributed by atoms with Gasteiger partial charge in [0, 0.05) is 47.9 Å². The van der Waals surface area contributed by atoms with Gasteiger partial charge in [-0.1, -0.05) is 37.8 Å². The molecule has 5 rings (SSSR count). The Morgan fingerprint density at radius 2 is 1.74 bits per heavy atom. The molecule has 1 saturated carbocycles. The van der Waals surface area contributed by atoms with Gasteiger partial charge in [-0.25, -0.2) is 12.8 Å². The number of fused-ring (bicyclic) bond motifs is 1. The van der Waals surface area contributed by atoms with E-state index in [9.17, 15) is 17.6 Å². The summed E-state index contributed by atoms with van der Waals surface area (Å²) in [6, 6.07) is 15.2. The van der Waals surface area contributed by atoms with Crippen LogP contribution >= 0.6 is 0 Å². The normalized spacial score (nSPS) is 17.2. The summed E-state index contributed by atoms with van der Waals surface area (Å²) in [4.78, 5) is 21.0. The first-order valence-corrected chi connectivity index (χ1v) is 12.3. The van der Waals surface area contributed by atoms with Crippen molar-refractivity contribution >= 4 is 26.4 Å². The van der Waals surface area contributed by atoms with E-state index in [2.05, 4.69) is 9.97 Å². The van der Waals surface area contributed by atoms with Gasteiger partial charge in [-0.05, 0) is 53.3 Å². The van der Waals surface area contributed by atoms with Gasteiger partial charge in [0.15, 0.2) is 9.84 Å². The van der Waals surface area contributed by atoms with E-state index in [4.69, 9.17) is 0 Å². The standard InChI is InChI=1S/C26H21FN2O3S.CH4/c27-26-19(3-4-20-15-29-11-9-22(20)26)12-25(30)24-13-23(24)18-5-7-21(8-6-18)33(31,32)16-17-2-1-10-28-14-17;/h1-11,14-15,23-24H,12-13,16H2;1H4/t23?,24-;/m1./s1. The van der Waals surface area contributed by atoms with Crippen molar-refractivity contribution in [1.82, 2.24) is 9.97 Å². The molecule has 174 valence electrons. The molecule has 0 bridgehead atoms. The second-order valence-electron chi connectivity index (χ2n) is 8.42. The second-order valence-corrected chi connectivity index (χ2v) is 10.4. The van der Waals surface area contributed by atoms with Crippen LogP contribution in [0.2, 0.25) is 0 Å². The fourth-order valence-corrected chi connectivity index (χ4v) is 5.59. The van der Waals surface area contributed by atoms with Gasteiger partial charge in [-0.2, -0.15) is 0 Å². The van der Waals surface area contributed by atoms with Crippen LogP contribution in [0.25, 0.3) is 10.8 Å². The summed E-state index contributed by atoms with van der Waals surface area (Å²) in [5.41, 5.74) is 1.95. The Morgan fingerprint density at radius 3 is 2.47 bits per heavy atom. The van der Waals surface area contributed by atoms with Crippen LogP contribution < -0.4 is 0 Å². The number of hydrogen-bond donors (Lipinski definition) is 0. The van der Waals surface area contributed by atoms with Crippen molar-refractivity contribution in [1.29, 1.82) is 0 Å². The van der Waals surface area contributed by atoms with E-state index in [0.717, 1.165) is 5.56 Å². The maximum Gasteiger partial charge on any atom is 0.182 e. The molecule has 2 aromatic carbocycles. The number of halogens is 1. The topological polar surface area (TPSA) is 77.0 Å². The Kier molecular flexibility index (Phi) is 6.57. The van der Waals surface area contributed by atoms with Crippen LogP contribution in [-0.2, 0) is 26.8 Å². The zero-order chi connectivity index (χ0) is 23.0. The molecule has 0 N–H and O–H groups in total. The lowest BCUT2D eigenvalue weighted by molar-refractivity contribution is -0.119. The van der Waals surface area contributed by atoms with Gasteiger partial charge in [0.05, 0.1) is 10.6 Å². The molecule has 2 atom stereocenters. The van der Waals surface area contributed by atoms with Crippen LogP contribution in [0.15, 0.2) is 84.3 Å². The van der Waals surface area contributed by atoms with Gasteiger partial charge in [0.1, 0.15) is 11.6 Å². The minimum Gasteiger partial charge on any atom is -0.299 e. The monoisotopic (exact) mass is 476 g/mol. The Balaban J connectivity index is 0.00000274. The number of nitrogens with zero attached hydrogens (tertiary/aromatic N) is 2. The van der Waals surface area contributed by atoms with Crippen LogP contribution in [0.3, 0.4) is 0 Å². The van der Waals surface area contributed by atoms with Crippen LogP contribution in [-0.4, -0.2) is 24.2 Å². The molecule has 0 aliphatic heterocycles. The van der Waals surface area contributed by atoms with Crippen LogP contribution in [0.1, 0.15) is 36.5 Å². The average molecular weight is 477 g/mol. The molecular formula is C27H25FN2O3S. The molecule has 0 radical (unpaired) electrons. The number of hydrogen-bond acceptors (Lipinski definition) is 5. The first kappa shape index (κ1) is 23.7. The molecule has 0 spiro atoms. The Morgan fingerprint density at radius 1 is 0.971 bits per heavy atom. The van der Waals surface area contributed by atoms with E-state index >= 15 is 0 Å². The third-order valence-electron chi connectivity index (χ3n) is 6.15. The molecule has 1 fully saturated rings. The summed E-state index contributed by atoms with van der Waals surface area (Å²) in [6.07, 6.45) is 7.02. The van der Waals surface area contributed by atoms with Gasteiger partial charge in [0.25, 0.3) is 0 Å². The summed E-state index contributed by atoms with van der Waals surface area (Å²) in [7, 11) is -3.48. The number of pyridine rings is 2. The van der Waals surface area contributed by atoms with Crippen molar-refractivity contribution in [2.75, 3.05) is 0 Å². The summed E-state index contributed by atoms with van der Waals surface area (Å²) in [5, 5.41) is 1.17. The van der Waals surface area contributed by atoms with E-state index < -0.39 is 9.84 Å². The maximum absolute atomic E-state index is 14.8. The number of carbonyl (C=O) groups excluding carboxylic acids is 1.